The van der Waals surface area contributed by atoms with Gasteiger partial charge in [0, 0.05) is 13.1 Å². The molecule has 1 aromatic rings. The second-order valence-electron chi connectivity index (χ2n) is 4.03. The number of amides is 1. The maximum atomic E-state index is 12.1. The molecule has 94 valence electrons. The van der Waals surface area contributed by atoms with Gasteiger partial charge in [-0.2, -0.15) is 0 Å². The maximum absolute atomic E-state index is 12.1. The normalized spacial score (nSPS) is 12.0. The van der Waals surface area contributed by atoms with E-state index in [-0.39, 0.29) is 23.3 Å². The van der Waals surface area contributed by atoms with Crippen LogP contribution in [-0.2, 0) is 0 Å². The van der Waals surface area contributed by atoms with Gasteiger partial charge in [-0.15, -0.1) is 0 Å². The molecule has 0 aliphatic rings. The van der Waals surface area contributed by atoms with E-state index in [2.05, 4.69) is 0 Å². The largest absolute Gasteiger partial charge is 0.504 e. The quantitative estimate of drug-likeness (QED) is 0.874. The minimum absolute atomic E-state index is 0.102. The second-order valence-corrected chi connectivity index (χ2v) is 4.03. The molecular formula is C13H19NO3. The number of phenolic OH excluding ortho intramolecular Hbond substituents is 1. The first kappa shape index (κ1) is 13.4. The minimum Gasteiger partial charge on any atom is -0.504 e. The third-order valence-electron chi connectivity index (χ3n) is 3.02. The molecular weight excluding hydrogens is 218 g/mol. The van der Waals surface area contributed by atoms with Crippen LogP contribution in [-0.4, -0.2) is 36.1 Å². The van der Waals surface area contributed by atoms with Crippen molar-refractivity contribution in [3.05, 3.63) is 23.8 Å². The number of carbonyl (C=O) groups excluding carboxylic acids is 1. The fourth-order valence-corrected chi connectivity index (χ4v) is 1.52. The number of nitrogens with zero attached hydrogens (tertiary/aromatic N) is 1. The topological polar surface area (TPSA) is 49.8 Å². The number of carbonyl (C=O) groups is 1. The number of para-hydroxylation sites is 1. The number of hydrogen-bond donors (Lipinski definition) is 1. The molecule has 0 aromatic heterocycles. The fraction of sp³-hybridized carbons (Fsp3) is 0.462. The van der Waals surface area contributed by atoms with Crippen molar-refractivity contribution in [1.29, 1.82) is 0 Å². The van der Waals surface area contributed by atoms with Gasteiger partial charge >= 0.3 is 0 Å². The average molecular weight is 237 g/mol. The van der Waals surface area contributed by atoms with Crippen LogP contribution in [0.5, 0.6) is 11.5 Å². The molecule has 1 unspecified atom stereocenters. The van der Waals surface area contributed by atoms with Crippen LogP contribution in [0, 0.1) is 0 Å². The number of methoxy groups -OCH3 is 1. The van der Waals surface area contributed by atoms with Crippen LogP contribution < -0.4 is 4.74 Å². The fourth-order valence-electron chi connectivity index (χ4n) is 1.52. The summed E-state index contributed by atoms with van der Waals surface area (Å²) < 4.78 is 4.98. The molecule has 4 nitrogen and oxygen atoms in total. The van der Waals surface area contributed by atoms with E-state index < -0.39 is 0 Å². The Bertz CT molecular complexity index is 404. The highest BCUT2D eigenvalue weighted by Gasteiger charge is 2.20. The smallest absolute Gasteiger partial charge is 0.257 e. The average Bonchev–Trinajstić information content (AvgIpc) is 2.36. The summed E-state index contributed by atoms with van der Waals surface area (Å²) >= 11 is 0. The van der Waals surface area contributed by atoms with Crippen LogP contribution in [0.3, 0.4) is 0 Å². The molecule has 0 heterocycles. The number of benzene rings is 1. The van der Waals surface area contributed by atoms with Crippen LogP contribution in [0.4, 0.5) is 0 Å². The molecule has 0 fully saturated rings. The van der Waals surface area contributed by atoms with Crippen molar-refractivity contribution < 1.29 is 14.6 Å². The SMILES string of the molecule is CCC(C)N(C)C(=O)c1cccc(OC)c1O. The standard InChI is InChI=1S/C13H19NO3/c1-5-9(2)14(3)13(16)10-7-6-8-11(17-4)12(10)15/h6-9,15H,5H2,1-4H3. The van der Waals surface area contributed by atoms with Crippen LogP contribution in [0.2, 0.25) is 0 Å². The van der Waals surface area contributed by atoms with E-state index in [9.17, 15) is 9.90 Å². The van der Waals surface area contributed by atoms with Crippen LogP contribution in [0.15, 0.2) is 18.2 Å². The van der Waals surface area contributed by atoms with E-state index >= 15 is 0 Å². The van der Waals surface area contributed by atoms with Crippen molar-refractivity contribution in [1.82, 2.24) is 4.90 Å². The Hall–Kier alpha value is -1.71. The Balaban J connectivity index is 3.04. The highest BCUT2D eigenvalue weighted by Crippen LogP contribution is 2.30. The lowest BCUT2D eigenvalue weighted by Gasteiger charge is -2.24. The number of ether oxygens (including phenoxy) is 1. The highest BCUT2D eigenvalue weighted by molar-refractivity contribution is 5.97. The van der Waals surface area contributed by atoms with Crippen molar-refractivity contribution in [3.8, 4) is 11.5 Å². The Morgan fingerprint density at radius 3 is 2.71 bits per heavy atom. The Labute approximate surface area is 102 Å². The number of rotatable bonds is 4. The van der Waals surface area contributed by atoms with E-state index in [0.717, 1.165) is 6.42 Å². The summed E-state index contributed by atoms with van der Waals surface area (Å²) in [7, 11) is 3.19. The van der Waals surface area contributed by atoms with Gasteiger partial charge in [0.15, 0.2) is 11.5 Å². The molecule has 0 bridgehead atoms. The number of phenols is 1. The van der Waals surface area contributed by atoms with Gasteiger partial charge in [-0.05, 0) is 25.5 Å². The Morgan fingerprint density at radius 2 is 2.18 bits per heavy atom. The minimum atomic E-state index is -0.198. The first-order valence-electron chi connectivity index (χ1n) is 5.66. The molecule has 1 aromatic carbocycles. The van der Waals surface area contributed by atoms with Crippen molar-refractivity contribution >= 4 is 5.91 Å². The summed E-state index contributed by atoms with van der Waals surface area (Å²) in [6, 6.07) is 5.04. The predicted octanol–water partition coefficient (Wildman–Crippen LogP) is 2.27. The second kappa shape index (κ2) is 5.57. The van der Waals surface area contributed by atoms with Crippen LogP contribution in [0.25, 0.3) is 0 Å². The number of aromatic hydroxyl groups is 1. The highest BCUT2D eigenvalue weighted by atomic mass is 16.5. The lowest BCUT2D eigenvalue weighted by Crippen LogP contribution is -2.34. The van der Waals surface area contributed by atoms with E-state index in [1.807, 2.05) is 13.8 Å². The van der Waals surface area contributed by atoms with Gasteiger partial charge in [0.05, 0.1) is 12.7 Å². The molecule has 17 heavy (non-hydrogen) atoms. The van der Waals surface area contributed by atoms with E-state index in [0.29, 0.717) is 5.75 Å². The molecule has 0 saturated heterocycles. The molecule has 0 saturated carbocycles. The molecule has 1 N–H and O–H groups in total. The summed E-state index contributed by atoms with van der Waals surface area (Å²) in [6.07, 6.45) is 0.868. The maximum Gasteiger partial charge on any atom is 0.257 e. The van der Waals surface area contributed by atoms with Gasteiger partial charge in [-0.25, -0.2) is 0 Å². The molecule has 1 atom stereocenters. The monoisotopic (exact) mass is 237 g/mol. The van der Waals surface area contributed by atoms with Gasteiger partial charge in [0.1, 0.15) is 0 Å². The van der Waals surface area contributed by atoms with E-state index in [1.54, 1.807) is 30.1 Å². The van der Waals surface area contributed by atoms with Gasteiger partial charge in [0.2, 0.25) is 0 Å². The van der Waals surface area contributed by atoms with Crippen molar-refractivity contribution in [2.75, 3.05) is 14.2 Å². The molecule has 1 rings (SSSR count). The van der Waals surface area contributed by atoms with Crippen LogP contribution >= 0.6 is 0 Å². The Morgan fingerprint density at radius 1 is 1.53 bits per heavy atom. The van der Waals surface area contributed by atoms with Crippen LogP contribution in [0.1, 0.15) is 30.6 Å². The van der Waals surface area contributed by atoms with Crippen molar-refractivity contribution in [2.24, 2.45) is 0 Å². The summed E-state index contributed by atoms with van der Waals surface area (Å²) in [5.41, 5.74) is 0.271. The summed E-state index contributed by atoms with van der Waals surface area (Å²) in [5, 5.41) is 9.89. The predicted molar refractivity (Wildman–Crippen MR) is 66.5 cm³/mol. The Kier molecular flexibility index (Phi) is 4.37. The molecule has 0 spiro atoms. The third kappa shape index (κ3) is 2.70. The molecule has 4 heteroatoms. The lowest BCUT2D eigenvalue weighted by molar-refractivity contribution is 0.0737. The van der Waals surface area contributed by atoms with Gasteiger partial charge in [0.25, 0.3) is 5.91 Å². The first-order chi connectivity index (χ1) is 8.02. The lowest BCUT2D eigenvalue weighted by atomic mass is 10.1. The first-order valence-corrected chi connectivity index (χ1v) is 5.66. The van der Waals surface area contributed by atoms with Gasteiger partial charge < -0.3 is 14.7 Å². The van der Waals surface area contributed by atoms with Crippen molar-refractivity contribution in [3.63, 3.8) is 0 Å². The zero-order valence-corrected chi connectivity index (χ0v) is 10.7. The summed E-state index contributed by atoms with van der Waals surface area (Å²) in [6.45, 7) is 3.98. The summed E-state index contributed by atoms with van der Waals surface area (Å²) in [5.74, 6) is 0.0132. The zero-order chi connectivity index (χ0) is 13.0. The molecule has 0 radical (unpaired) electrons. The zero-order valence-electron chi connectivity index (χ0n) is 10.7. The number of hydrogen-bond acceptors (Lipinski definition) is 3. The van der Waals surface area contributed by atoms with E-state index in [1.165, 1.54) is 7.11 Å². The van der Waals surface area contributed by atoms with Crippen molar-refractivity contribution in [2.45, 2.75) is 26.3 Å². The van der Waals surface area contributed by atoms with E-state index in [4.69, 9.17) is 4.74 Å². The molecule has 0 aliphatic carbocycles. The third-order valence-corrected chi connectivity index (χ3v) is 3.02. The van der Waals surface area contributed by atoms with Gasteiger partial charge in [-0.3, -0.25) is 4.79 Å². The molecule has 0 aliphatic heterocycles. The van der Waals surface area contributed by atoms with Gasteiger partial charge in [-0.1, -0.05) is 13.0 Å². The molecule has 1 amide bonds. The summed E-state index contributed by atoms with van der Waals surface area (Å²) in [4.78, 5) is 13.8.